The second-order valence-corrected chi connectivity index (χ2v) is 8.72. The standard InChI is InChI=1S/C22H26F2N8O/c1-31-21-16(6-3-8-25-21)18(30-31)20-26-11-17(24)19(29-20)27-14-4-2-5-15(10-14)28-22(33)32-9-7-13(23)12-32/h3,6,8,11,13-15H,2,4-5,7,9-10,12H2,1H3,(H,28,33)(H,26,27,29)/t13-,14-,15+/m0/s1. The topological polar surface area (TPSA) is 101 Å². The Bertz CT molecular complexity index is 1170. The lowest BCUT2D eigenvalue weighted by Crippen LogP contribution is -2.47. The van der Waals surface area contributed by atoms with Crippen molar-refractivity contribution in [3.63, 3.8) is 0 Å². The summed E-state index contributed by atoms with van der Waals surface area (Å²) >= 11 is 0. The van der Waals surface area contributed by atoms with Crippen molar-refractivity contribution < 1.29 is 13.6 Å². The molecule has 33 heavy (non-hydrogen) atoms. The molecule has 1 aliphatic carbocycles. The van der Waals surface area contributed by atoms with Gasteiger partial charge in [0.25, 0.3) is 0 Å². The number of nitrogens with one attached hydrogen (secondary N) is 2. The van der Waals surface area contributed by atoms with Crippen LogP contribution in [-0.4, -0.2) is 67.0 Å². The van der Waals surface area contributed by atoms with Crippen LogP contribution in [0.25, 0.3) is 22.6 Å². The Morgan fingerprint density at radius 3 is 2.88 bits per heavy atom. The van der Waals surface area contributed by atoms with E-state index in [-0.39, 0.29) is 30.5 Å². The second-order valence-electron chi connectivity index (χ2n) is 8.72. The number of urea groups is 1. The Morgan fingerprint density at radius 2 is 2.06 bits per heavy atom. The van der Waals surface area contributed by atoms with E-state index in [1.165, 1.54) is 4.90 Å². The highest BCUT2D eigenvalue weighted by atomic mass is 19.1. The highest BCUT2D eigenvalue weighted by molar-refractivity contribution is 5.89. The molecule has 4 heterocycles. The van der Waals surface area contributed by atoms with Gasteiger partial charge in [-0.2, -0.15) is 5.10 Å². The number of carbonyl (C=O) groups excluding carboxylic acids is 1. The molecule has 5 rings (SSSR count). The Balaban J connectivity index is 1.29. The lowest BCUT2D eigenvalue weighted by atomic mass is 9.91. The molecule has 0 aromatic carbocycles. The van der Waals surface area contributed by atoms with E-state index < -0.39 is 12.0 Å². The molecule has 0 unspecified atom stereocenters. The lowest BCUT2D eigenvalue weighted by molar-refractivity contribution is 0.195. The minimum absolute atomic E-state index is 0.0578. The number of carbonyl (C=O) groups is 1. The van der Waals surface area contributed by atoms with E-state index in [9.17, 15) is 13.6 Å². The molecule has 0 spiro atoms. The van der Waals surface area contributed by atoms with Crippen LogP contribution < -0.4 is 10.6 Å². The number of aromatic nitrogens is 5. The molecule has 3 atom stereocenters. The first-order chi connectivity index (χ1) is 16.0. The van der Waals surface area contributed by atoms with E-state index in [2.05, 4.69) is 30.7 Å². The zero-order valence-electron chi connectivity index (χ0n) is 18.3. The van der Waals surface area contributed by atoms with Gasteiger partial charge in [-0.15, -0.1) is 0 Å². The van der Waals surface area contributed by atoms with Gasteiger partial charge in [-0.1, -0.05) is 0 Å². The van der Waals surface area contributed by atoms with E-state index in [4.69, 9.17) is 0 Å². The van der Waals surface area contributed by atoms with Gasteiger partial charge < -0.3 is 15.5 Å². The van der Waals surface area contributed by atoms with Gasteiger partial charge in [0.2, 0.25) is 0 Å². The molecule has 0 bridgehead atoms. The molecule has 2 N–H and O–H groups in total. The Labute approximate surface area is 189 Å². The molecule has 174 valence electrons. The van der Waals surface area contributed by atoms with Gasteiger partial charge in [0.05, 0.1) is 18.1 Å². The molecule has 9 nitrogen and oxygen atoms in total. The highest BCUT2D eigenvalue weighted by Gasteiger charge is 2.30. The number of nitrogens with zero attached hydrogens (tertiary/aromatic N) is 6. The molecule has 2 aliphatic rings. The summed E-state index contributed by atoms with van der Waals surface area (Å²) < 4.78 is 29.6. The lowest BCUT2D eigenvalue weighted by Gasteiger charge is -2.31. The third-order valence-corrected chi connectivity index (χ3v) is 6.31. The molecular formula is C22H26F2N8O. The maximum absolute atomic E-state index is 14.6. The first-order valence-electron chi connectivity index (χ1n) is 11.2. The number of alkyl halides is 1. The van der Waals surface area contributed by atoms with Gasteiger partial charge in [0, 0.05) is 31.9 Å². The van der Waals surface area contributed by atoms with Crippen LogP contribution in [0.3, 0.4) is 0 Å². The molecule has 1 aliphatic heterocycles. The minimum atomic E-state index is -0.946. The third-order valence-electron chi connectivity index (χ3n) is 6.31. The van der Waals surface area contributed by atoms with Crippen LogP contribution in [0.1, 0.15) is 32.1 Å². The van der Waals surface area contributed by atoms with E-state index in [0.717, 1.165) is 30.8 Å². The number of anilines is 1. The van der Waals surface area contributed by atoms with Crippen molar-refractivity contribution in [3.05, 3.63) is 30.3 Å². The fourth-order valence-corrected chi connectivity index (χ4v) is 4.65. The van der Waals surface area contributed by atoms with E-state index in [0.29, 0.717) is 36.6 Å². The molecule has 1 saturated heterocycles. The van der Waals surface area contributed by atoms with Crippen LogP contribution in [0, 0.1) is 5.82 Å². The van der Waals surface area contributed by atoms with E-state index in [1.54, 1.807) is 17.9 Å². The first kappa shape index (κ1) is 21.5. The average molecular weight is 457 g/mol. The number of hydrogen-bond acceptors (Lipinski definition) is 6. The number of likely N-dealkylation sites (tertiary alicyclic amines) is 1. The van der Waals surface area contributed by atoms with Gasteiger partial charge in [-0.05, 0) is 44.2 Å². The van der Waals surface area contributed by atoms with Gasteiger partial charge in [0.1, 0.15) is 11.9 Å². The summed E-state index contributed by atoms with van der Waals surface area (Å²) in [6.07, 6.45) is 5.45. The molecule has 3 aromatic heterocycles. The highest BCUT2D eigenvalue weighted by Crippen LogP contribution is 2.27. The molecule has 11 heteroatoms. The van der Waals surface area contributed by atoms with Crippen LogP contribution in [-0.2, 0) is 7.05 Å². The van der Waals surface area contributed by atoms with Crippen molar-refractivity contribution in [2.75, 3.05) is 18.4 Å². The summed E-state index contributed by atoms with van der Waals surface area (Å²) in [5.41, 5.74) is 1.23. The van der Waals surface area contributed by atoms with Crippen LogP contribution in [0.15, 0.2) is 24.5 Å². The predicted molar refractivity (Wildman–Crippen MR) is 119 cm³/mol. The van der Waals surface area contributed by atoms with Gasteiger partial charge in [0.15, 0.2) is 23.1 Å². The predicted octanol–water partition coefficient (Wildman–Crippen LogP) is 3.04. The van der Waals surface area contributed by atoms with Crippen molar-refractivity contribution in [1.82, 2.24) is 34.9 Å². The van der Waals surface area contributed by atoms with Crippen LogP contribution in [0.4, 0.5) is 19.4 Å². The Kier molecular flexibility index (Phi) is 5.77. The van der Waals surface area contributed by atoms with Gasteiger partial charge in [-0.3, -0.25) is 0 Å². The number of aryl methyl sites for hydroxylation is 1. The molecule has 3 aromatic rings. The Hall–Kier alpha value is -3.37. The quantitative estimate of drug-likeness (QED) is 0.626. The van der Waals surface area contributed by atoms with Crippen molar-refractivity contribution in [1.29, 1.82) is 0 Å². The van der Waals surface area contributed by atoms with Crippen molar-refractivity contribution in [2.24, 2.45) is 7.05 Å². The fraction of sp³-hybridized carbons (Fsp3) is 0.500. The monoisotopic (exact) mass is 456 g/mol. The summed E-state index contributed by atoms with van der Waals surface area (Å²) in [6, 6.07) is 3.34. The minimum Gasteiger partial charge on any atom is -0.365 e. The van der Waals surface area contributed by atoms with Crippen LogP contribution in [0.2, 0.25) is 0 Å². The maximum atomic E-state index is 14.6. The van der Waals surface area contributed by atoms with Gasteiger partial charge in [-0.25, -0.2) is 33.2 Å². The largest absolute Gasteiger partial charge is 0.365 e. The molecule has 2 fully saturated rings. The number of amides is 2. The van der Waals surface area contributed by atoms with Crippen LogP contribution >= 0.6 is 0 Å². The number of fused-ring (bicyclic) bond motifs is 1. The van der Waals surface area contributed by atoms with Crippen molar-refractivity contribution in [2.45, 2.75) is 50.4 Å². The number of halogens is 2. The van der Waals surface area contributed by atoms with E-state index in [1.807, 2.05) is 12.1 Å². The SMILES string of the molecule is Cn1nc(-c2ncc(F)c(N[C@H]3CCC[C@@H](NC(=O)N4CC[C@H](F)C4)C3)n2)c2cccnc21. The zero-order chi connectivity index (χ0) is 22.9. The second kappa shape index (κ2) is 8.87. The number of rotatable bonds is 4. The molecule has 1 saturated carbocycles. The molecule has 0 radical (unpaired) electrons. The summed E-state index contributed by atoms with van der Waals surface area (Å²) in [7, 11) is 1.79. The normalized spacial score (nSPS) is 23.1. The molecule has 2 amide bonds. The van der Waals surface area contributed by atoms with Crippen LogP contribution in [0.5, 0.6) is 0 Å². The molecular weight excluding hydrogens is 430 g/mol. The number of hydrogen-bond donors (Lipinski definition) is 2. The van der Waals surface area contributed by atoms with Crippen molar-refractivity contribution >= 4 is 22.9 Å². The summed E-state index contributed by atoms with van der Waals surface area (Å²) in [5.74, 6) is -0.123. The zero-order valence-corrected chi connectivity index (χ0v) is 18.3. The summed E-state index contributed by atoms with van der Waals surface area (Å²) in [6.45, 7) is 0.584. The summed E-state index contributed by atoms with van der Waals surface area (Å²) in [4.78, 5) is 26.8. The summed E-state index contributed by atoms with van der Waals surface area (Å²) in [5, 5.41) is 11.5. The fourth-order valence-electron chi connectivity index (χ4n) is 4.65. The number of pyridine rings is 1. The van der Waals surface area contributed by atoms with E-state index >= 15 is 0 Å². The first-order valence-corrected chi connectivity index (χ1v) is 11.2. The van der Waals surface area contributed by atoms with Crippen molar-refractivity contribution in [3.8, 4) is 11.5 Å². The average Bonchev–Trinajstić information content (AvgIpc) is 3.39. The smallest absolute Gasteiger partial charge is 0.317 e. The third kappa shape index (κ3) is 4.44. The Morgan fingerprint density at radius 1 is 1.21 bits per heavy atom. The maximum Gasteiger partial charge on any atom is 0.317 e. The van der Waals surface area contributed by atoms with Gasteiger partial charge >= 0.3 is 6.03 Å².